The molecular formula is C21H21ClN2O3. The molecule has 27 heavy (non-hydrogen) atoms. The second kappa shape index (κ2) is 7.71. The maximum absolute atomic E-state index is 6.24. The second-order valence-corrected chi connectivity index (χ2v) is 7.18. The van der Waals surface area contributed by atoms with E-state index in [4.69, 9.17) is 30.6 Å². The first kappa shape index (κ1) is 18.0. The fourth-order valence-corrected chi connectivity index (χ4v) is 3.77. The van der Waals surface area contributed by atoms with E-state index < -0.39 is 0 Å². The van der Waals surface area contributed by atoms with Gasteiger partial charge >= 0.3 is 0 Å². The molecule has 0 amide bonds. The molecule has 0 spiro atoms. The molecule has 1 aromatic heterocycles. The molecule has 1 fully saturated rings. The second-order valence-electron chi connectivity index (χ2n) is 6.75. The zero-order chi connectivity index (χ0) is 18.7. The van der Waals surface area contributed by atoms with E-state index in [-0.39, 0.29) is 5.41 Å². The average Bonchev–Trinajstić information content (AvgIpc) is 3.18. The van der Waals surface area contributed by atoms with Gasteiger partial charge in [0, 0.05) is 24.7 Å². The van der Waals surface area contributed by atoms with Crippen LogP contribution in [0.2, 0.25) is 5.02 Å². The third-order valence-electron chi connectivity index (χ3n) is 5.12. The van der Waals surface area contributed by atoms with E-state index in [1.807, 2.05) is 42.5 Å². The van der Waals surface area contributed by atoms with E-state index in [9.17, 15) is 0 Å². The number of halogens is 1. The largest absolute Gasteiger partial charge is 0.497 e. The Balaban J connectivity index is 1.63. The molecule has 0 atom stereocenters. The molecule has 2 aromatic carbocycles. The van der Waals surface area contributed by atoms with E-state index in [0.717, 1.165) is 29.7 Å². The van der Waals surface area contributed by atoms with Crippen LogP contribution in [0.4, 0.5) is 0 Å². The molecule has 0 N–H and O–H groups in total. The molecule has 1 aliphatic rings. The van der Waals surface area contributed by atoms with Gasteiger partial charge in [-0.25, -0.2) is 0 Å². The van der Waals surface area contributed by atoms with Crippen molar-refractivity contribution in [3.05, 3.63) is 76.4 Å². The molecule has 4 rings (SSSR count). The van der Waals surface area contributed by atoms with Gasteiger partial charge in [-0.05, 0) is 48.2 Å². The quantitative estimate of drug-likeness (QED) is 0.651. The number of benzene rings is 2. The van der Waals surface area contributed by atoms with Gasteiger partial charge < -0.3 is 14.0 Å². The van der Waals surface area contributed by atoms with Crippen molar-refractivity contribution in [2.75, 3.05) is 20.3 Å². The minimum absolute atomic E-state index is 0.353. The lowest BCUT2D eigenvalue weighted by Crippen LogP contribution is -2.35. The molecule has 0 saturated carbocycles. The van der Waals surface area contributed by atoms with Gasteiger partial charge in [-0.3, -0.25) is 0 Å². The number of aromatic nitrogens is 2. The highest BCUT2D eigenvalue weighted by Gasteiger charge is 2.41. The summed E-state index contributed by atoms with van der Waals surface area (Å²) >= 11 is 6.24. The van der Waals surface area contributed by atoms with Gasteiger partial charge in [0.2, 0.25) is 5.89 Å². The molecule has 0 bridgehead atoms. The maximum atomic E-state index is 6.24. The molecule has 0 aliphatic carbocycles. The van der Waals surface area contributed by atoms with Crippen molar-refractivity contribution in [1.82, 2.24) is 10.1 Å². The van der Waals surface area contributed by atoms with Crippen LogP contribution in [0.5, 0.6) is 5.75 Å². The minimum atomic E-state index is -0.353. The van der Waals surface area contributed by atoms with E-state index in [1.165, 1.54) is 0 Å². The summed E-state index contributed by atoms with van der Waals surface area (Å²) in [6.07, 6.45) is 2.19. The lowest BCUT2D eigenvalue weighted by Gasteiger charge is -2.34. The average molecular weight is 385 g/mol. The molecule has 1 saturated heterocycles. The van der Waals surface area contributed by atoms with Crippen LogP contribution in [0.1, 0.15) is 35.7 Å². The van der Waals surface area contributed by atoms with Gasteiger partial charge in [0.25, 0.3) is 0 Å². The number of rotatable bonds is 5. The monoisotopic (exact) mass is 384 g/mol. The Bertz CT molecular complexity index is 902. The Kier molecular flexibility index (Phi) is 5.14. The third-order valence-corrected chi connectivity index (χ3v) is 5.36. The van der Waals surface area contributed by atoms with Crippen molar-refractivity contribution in [3.63, 3.8) is 0 Å². The topological polar surface area (TPSA) is 57.4 Å². The number of hydrogen-bond acceptors (Lipinski definition) is 5. The SMILES string of the molecule is COc1ccc(Cc2noc(C3(c4cccc(Cl)c4)CCOCC3)n2)cc1. The summed E-state index contributed by atoms with van der Waals surface area (Å²) in [6, 6.07) is 15.8. The van der Waals surface area contributed by atoms with Crippen LogP contribution >= 0.6 is 11.6 Å². The summed E-state index contributed by atoms with van der Waals surface area (Å²) in [5.74, 6) is 2.13. The molecule has 5 nitrogen and oxygen atoms in total. The van der Waals surface area contributed by atoms with Crippen LogP contribution in [0.15, 0.2) is 53.1 Å². The highest BCUT2D eigenvalue weighted by atomic mass is 35.5. The van der Waals surface area contributed by atoms with Gasteiger partial charge in [-0.15, -0.1) is 0 Å². The Morgan fingerprint density at radius 3 is 2.59 bits per heavy atom. The van der Waals surface area contributed by atoms with Crippen LogP contribution in [0.3, 0.4) is 0 Å². The summed E-state index contributed by atoms with van der Waals surface area (Å²) in [5, 5.41) is 4.94. The van der Waals surface area contributed by atoms with Crippen molar-refractivity contribution in [3.8, 4) is 5.75 Å². The molecule has 0 unspecified atom stereocenters. The summed E-state index contributed by atoms with van der Waals surface area (Å²) in [6.45, 7) is 1.31. The Morgan fingerprint density at radius 1 is 1.11 bits per heavy atom. The van der Waals surface area contributed by atoms with Crippen LogP contribution in [-0.4, -0.2) is 30.5 Å². The van der Waals surface area contributed by atoms with E-state index in [1.54, 1.807) is 7.11 Å². The summed E-state index contributed by atoms with van der Waals surface area (Å²) in [5.41, 5.74) is 1.85. The van der Waals surface area contributed by atoms with Crippen molar-refractivity contribution >= 4 is 11.6 Å². The Morgan fingerprint density at radius 2 is 1.89 bits per heavy atom. The van der Waals surface area contributed by atoms with Gasteiger partial charge in [0.05, 0.1) is 12.5 Å². The molecule has 1 aliphatic heterocycles. The van der Waals surface area contributed by atoms with E-state index in [0.29, 0.717) is 36.4 Å². The Hall–Kier alpha value is -2.37. The summed E-state index contributed by atoms with van der Waals surface area (Å²) in [7, 11) is 1.66. The fraction of sp³-hybridized carbons (Fsp3) is 0.333. The van der Waals surface area contributed by atoms with E-state index in [2.05, 4.69) is 11.2 Å². The number of methoxy groups -OCH3 is 1. The molecule has 140 valence electrons. The molecule has 3 aromatic rings. The first-order valence-electron chi connectivity index (χ1n) is 8.99. The molecule has 0 radical (unpaired) electrons. The predicted molar refractivity (Wildman–Crippen MR) is 102 cm³/mol. The molecule has 2 heterocycles. The molecular weight excluding hydrogens is 364 g/mol. The molecule has 6 heteroatoms. The Labute approximate surface area is 163 Å². The first-order chi connectivity index (χ1) is 13.2. The summed E-state index contributed by atoms with van der Waals surface area (Å²) in [4.78, 5) is 4.74. The standard InChI is InChI=1S/C21H21ClN2O3/c1-25-18-7-5-15(6-8-18)13-19-23-20(27-24-19)21(9-11-26-12-10-21)16-3-2-4-17(22)14-16/h2-8,14H,9-13H2,1H3. The first-order valence-corrected chi connectivity index (χ1v) is 9.37. The predicted octanol–water partition coefficient (Wildman–Crippen LogP) is 4.42. The lowest BCUT2D eigenvalue weighted by molar-refractivity contribution is 0.0523. The van der Waals surface area contributed by atoms with Crippen molar-refractivity contribution in [2.24, 2.45) is 0 Å². The maximum Gasteiger partial charge on any atom is 0.237 e. The van der Waals surface area contributed by atoms with Crippen LogP contribution < -0.4 is 4.74 Å². The van der Waals surface area contributed by atoms with Crippen molar-refractivity contribution < 1.29 is 14.0 Å². The van der Waals surface area contributed by atoms with Crippen LogP contribution in [0.25, 0.3) is 0 Å². The fourth-order valence-electron chi connectivity index (χ4n) is 3.58. The van der Waals surface area contributed by atoms with Crippen molar-refractivity contribution in [2.45, 2.75) is 24.7 Å². The highest BCUT2D eigenvalue weighted by molar-refractivity contribution is 6.30. The highest BCUT2D eigenvalue weighted by Crippen LogP contribution is 2.41. The zero-order valence-electron chi connectivity index (χ0n) is 15.2. The van der Waals surface area contributed by atoms with Gasteiger partial charge in [0.1, 0.15) is 5.75 Å². The number of nitrogens with zero attached hydrogens (tertiary/aromatic N) is 2. The van der Waals surface area contributed by atoms with Crippen LogP contribution in [0, 0.1) is 0 Å². The van der Waals surface area contributed by atoms with Gasteiger partial charge in [0.15, 0.2) is 5.82 Å². The number of ether oxygens (including phenoxy) is 2. The normalized spacial score (nSPS) is 16.2. The van der Waals surface area contributed by atoms with Crippen LogP contribution in [-0.2, 0) is 16.6 Å². The van der Waals surface area contributed by atoms with E-state index >= 15 is 0 Å². The van der Waals surface area contributed by atoms with Crippen molar-refractivity contribution in [1.29, 1.82) is 0 Å². The zero-order valence-corrected chi connectivity index (χ0v) is 15.9. The van der Waals surface area contributed by atoms with Gasteiger partial charge in [-0.1, -0.05) is 41.0 Å². The lowest BCUT2D eigenvalue weighted by atomic mass is 9.74. The summed E-state index contributed by atoms with van der Waals surface area (Å²) < 4.78 is 16.5. The van der Waals surface area contributed by atoms with Gasteiger partial charge in [-0.2, -0.15) is 4.98 Å². The number of hydrogen-bond donors (Lipinski definition) is 0. The smallest absolute Gasteiger partial charge is 0.237 e. The minimum Gasteiger partial charge on any atom is -0.497 e. The third kappa shape index (κ3) is 3.70.